The predicted octanol–water partition coefficient (Wildman–Crippen LogP) is 4.29. The highest BCUT2D eigenvalue weighted by Gasteiger charge is 2.02. The fraction of sp³-hybridized carbons (Fsp3) is 0. The second-order valence-corrected chi connectivity index (χ2v) is 4.61. The highest BCUT2D eigenvalue weighted by atomic mass is 35.5. The monoisotopic (exact) mass is 282 g/mol. The molecule has 0 saturated heterocycles. The normalized spacial score (nSPS) is 12.2. The molecule has 2 nitrogen and oxygen atoms in total. The van der Waals surface area contributed by atoms with Crippen molar-refractivity contribution in [1.29, 1.82) is 0 Å². The molecule has 0 bridgehead atoms. The van der Waals surface area contributed by atoms with E-state index in [1.165, 1.54) is 0 Å². The number of hydrogen-bond donors (Lipinski definition) is 1. The molecule has 0 aliphatic carbocycles. The van der Waals surface area contributed by atoms with Gasteiger partial charge in [0, 0.05) is 5.56 Å². The van der Waals surface area contributed by atoms with Crippen molar-refractivity contribution in [2.45, 2.75) is 0 Å². The number of aliphatic imine (C=N–C) groups is 1. The SMILES string of the molecule is C=C(/C=C(\N=C(/N)Cl)c1ccccc1)c1ccccc1. The molecule has 0 unspecified atom stereocenters. The van der Waals surface area contributed by atoms with Crippen LogP contribution in [-0.2, 0) is 0 Å². The summed E-state index contributed by atoms with van der Waals surface area (Å²) in [6.45, 7) is 4.07. The maximum Gasteiger partial charge on any atom is 0.193 e. The van der Waals surface area contributed by atoms with Crippen molar-refractivity contribution in [3.8, 4) is 0 Å². The summed E-state index contributed by atoms with van der Waals surface area (Å²) in [5, 5.41) is 0.000893. The summed E-state index contributed by atoms with van der Waals surface area (Å²) < 4.78 is 0. The number of hydrogen-bond acceptors (Lipinski definition) is 1. The van der Waals surface area contributed by atoms with Gasteiger partial charge in [0.2, 0.25) is 0 Å². The highest BCUT2D eigenvalue weighted by molar-refractivity contribution is 6.64. The quantitative estimate of drug-likeness (QED) is 0.386. The van der Waals surface area contributed by atoms with Gasteiger partial charge in [-0.15, -0.1) is 0 Å². The Morgan fingerprint density at radius 2 is 1.45 bits per heavy atom. The molecule has 100 valence electrons. The van der Waals surface area contributed by atoms with Crippen LogP contribution in [0.1, 0.15) is 11.1 Å². The van der Waals surface area contributed by atoms with E-state index in [9.17, 15) is 0 Å². The standard InChI is InChI=1S/C17H15ClN2/c1-13(14-8-4-2-5-9-14)12-16(20-17(18)19)15-10-6-3-7-11-15/h2-12H,1H2,(H2,19,20)/b16-12-. The van der Waals surface area contributed by atoms with Crippen LogP contribution in [0.3, 0.4) is 0 Å². The molecule has 0 atom stereocenters. The first kappa shape index (κ1) is 14.1. The molecule has 0 saturated carbocycles. The Labute approximate surface area is 123 Å². The second-order valence-electron chi connectivity index (χ2n) is 4.22. The van der Waals surface area contributed by atoms with E-state index in [0.717, 1.165) is 16.7 Å². The number of rotatable bonds is 4. The lowest BCUT2D eigenvalue weighted by Gasteiger charge is -2.05. The fourth-order valence-corrected chi connectivity index (χ4v) is 1.90. The third kappa shape index (κ3) is 3.84. The molecule has 0 heterocycles. The molecule has 0 aliphatic heterocycles. The minimum atomic E-state index is 0.000893. The average Bonchev–Trinajstić information content (AvgIpc) is 2.48. The van der Waals surface area contributed by atoms with Crippen LogP contribution in [0.25, 0.3) is 11.3 Å². The zero-order valence-corrected chi connectivity index (χ0v) is 11.7. The van der Waals surface area contributed by atoms with Crippen LogP contribution < -0.4 is 5.73 Å². The van der Waals surface area contributed by atoms with Gasteiger partial charge in [0.05, 0.1) is 5.70 Å². The molecule has 2 aromatic carbocycles. The van der Waals surface area contributed by atoms with E-state index in [0.29, 0.717) is 5.70 Å². The molecule has 3 heteroatoms. The van der Waals surface area contributed by atoms with Gasteiger partial charge in [-0.2, -0.15) is 0 Å². The van der Waals surface area contributed by atoms with Crippen molar-refractivity contribution in [3.05, 3.63) is 84.4 Å². The molecule has 0 radical (unpaired) electrons. The van der Waals surface area contributed by atoms with Gasteiger partial charge in [-0.3, -0.25) is 0 Å². The molecule has 2 N–H and O–H groups in total. The first-order valence-corrected chi connectivity index (χ1v) is 6.56. The third-order valence-corrected chi connectivity index (χ3v) is 2.84. The Morgan fingerprint density at radius 1 is 0.950 bits per heavy atom. The number of allylic oxidation sites excluding steroid dienone is 2. The van der Waals surface area contributed by atoms with Crippen LogP contribution in [0.15, 0.2) is 78.3 Å². The minimum Gasteiger partial charge on any atom is -0.374 e. The topological polar surface area (TPSA) is 38.4 Å². The second kappa shape index (κ2) is 6.73. The maximum absolute atomic E-state index is 5.71. The molecule has 2 rings (SSSR count). The molecule has 0 aliphatic rings. The Bertz CT molecular complexity index is 639. The smallest absolute Gasteiger partial charge is 0.193 e. The fourth-order valence-electron chi connectivity index (χ4n) is 1.80. The van der Waals surface area contributed by atoms with Gasteiger partial charge in [-0.05, 0) is 28.8 Å². The van der Waals surface area contributed by atoms with Crippen molar-refractivity contribution in [2.75, 3.05) is 0 Å². The van der Waals surface area contributed by atoms with Gasteiger partial charge in [0.15, 0.2) is 5.29 Å². The zero-order chi connectivity index (χ0) is 14.4. The van der Waals surface area contributed by atoms with Gasteiger partial charge >= 0.3 is 0 Å². The van der Waals surface area contributed by atoms with Crippen LogP contribution in [0.5, 0.6) is 0 Å². The maximum atomic E-state index is 5.71. The lowest BCUT2D eigenvalue weighted by molar-refractivity contribution is 1.49. The van der Waals surface area contributed by atoms with E-state index < -0.39 is 0 Å². The molecule has 0 fully saturated rings. The first-order chi connectivity index (χ1) is 9.66. The van der Waals surface area contributed by atoms with Gasteiger partial charge in [-0.25, -0.2) is 4.99 Å². The summed E-state index contributed by atoms with van der Waals surface area (Å²) in [6, 6.07) is 19.6. The largest absolute Gasteiger partial charge is 0.374 e. The van der Waals surface area contributed by atoms with Crippen LogP contribution in [0.2, 0.25) is 0 Å². The Balaban J connectivity index is 2.40. The highest BCUT2D eigenvalue weighted by Crippen LogP contribution is 2.22. The number of benzene rings is 2. The zero-order valence-electron chi connectivity index (χ0n) is 11.0. The molecular formula is C17H15ClN2. The van der Waals surface area contributed by atoms with Crippen molar-refractivity contribution in [3.63, 3.8) is 0 Å². The van der Waals surface area contributed by atoms with Gasteiger partial charge < -0.3 is 5.73 Å². The van der Waals surface area contributed by atoms with Gasteiger partial charge in [0.1, 0.15) is 0 Å². The molecule has 0 amide bonds. The van der Waals surface area contributed by atoms with Gasteiger partial charge in [-0.1, -0.05) is 67.2 Å². The summed E-state index contributed by atoms with van der Waals surface area (Å²) >= 11 is 5.71. The van der Waals surface area contributed by atoms with E-state index in [1.54, 1.807) is 0 Å². The number of nitrogens with zero attached hydrogens (tertiary/aromatic N) is 1. The molecular weight excluding hydrogens is 268 g/mol. The Kier molecular flexibility index (Phi) is 4.75. The van der Waals surface area contributed by atoms with E-state index in [2.05, 4.69) is 11.6 Å². The molecule has 20 heavy (non-hydrogen) atoms. The number of halogens is 1. The number of amidine groups is 1. The summed E-state index contributed by atoms with van der Waals surface area (Å²) in [7, 11) is 0. The first-order valence-electron chi connectivity index (χ1n) is 6.18. The average molecular weight is 283 g/mol. The van der Waals surface area contributed by atoms with Crippen LogP contribution in [0, 0.1) is 0 Å². The van der Waals surface area contributed by atoms with E-state index >= 15 is 0 Å². The minimum absolute atomic E-state index is 0.000893. The summed E-state index contributed by atoms with van der Waals surface area (Å²) in [5.74, 6) is 0. The van der Waals surface area contributed by atoms with Crippen LogP contribution in [0.4, 0.5) is 0 Å². The number of nitrogens with two attached hydrogens (primary N) is 1. The molecule has 2 aromatic rings. The predicted molar refractivity (Wildman–Crippen MR) is 87.4 cm³/mol. The lowest BCUT2D eigenvalue weighted by Crippen LogP contribution is -2.01. The van der Waals surface area contributed by atoms with Crippen molar-refractivity contribution < 1.29 is 0 Å². The third-order valence-electron chi connectivity index (χ3n) is 2.75. The Hall–Kier alpha value is -2.32. The summed E-state index contributed by atoms with van der Waals surface area (Å²) in [4.78, 5) is 4.17. The molecule has 0 aromatic heterocycles. The van der Waals surface area contributed by atoms with E-state index in [4.69, 9.17) is 17.3 Å². The van der Waals surface area contributed by atoms with E-state index in [-0.39, 0.29) is 5.29 Å². The Morgan fingerprint density at radius 3 is 1.95 bits per heavy atom. The summed E-state index contributed by atoms with van der Waals surface area (Å²) in [5.41, 5.74) is 9.00. The van der Waals surface area contributed by atoms with Crippen molar-refractivity contribution in [2.24, 2.45) is 10.7 Å². The van der Waals surface area contributed by atoms with E-state index in [1.807, 2.05) is 66.7 Å². The summed E-state index contributed by atoms with van der Waals surface area (Å²) in [6.07, 6.45) is 1.87. The van der Waals surface area contributed by atoms with Crippen LogP contribution >= 0.6 is 11.6 Å². The molecule has 0 spiro atoms. The lowest BCUT2D eigenvalue weighted by atomic mass is 10.0. The van der Waals surface area contributed by atoms with Gasteiger partial charge in [0.25, 0.3) is 0 Å². The van der Waals surface area contributed by atoms with Crippen molar-refractivity contribution in [1.82, 2.24) is 0 Å². The van der Waals surface area contributed by atoms with Crippen molar-refractivity contribution >= 4 is 28.2 Å². The van der Waals surface area contributed by atoms with Crippen LogP contribution in [-0.4, -0.2) is 5.29 Å².